The van der Waals surface area contributed by atoms with Gasteiger partial charge in [0, 0.05) is 7.11 Å². The van der Waals surface area contributed by atoms with Crippen LogP contribution in [0.5, 0.6) is 0 Å². The molecule has 19 heavy (non-hydrogen) atoms. The zero-order valence-electron chi connectivity index (χ0n) is 13.1. The predicted octanol–water partition coefficient (Wildman–Crippen LogP) is 1.79. The molecule has 1 aliphatic rings. The van der Waals surface area contributed by atoms with E-state index in [1.807, 2.05) is 0 Å². The molecule has 1 saturated heterocycles. The molecule has 1 rings (SSSR count). The normalized spacial score (nSPS) is 33.5. The van der Waals surface area contributed by atoms with Crippen LogP contribution in [0.15, 0.2) is 0 Å². The van der Waals surface area contributed by atoms with Gasteiger partial charge in [0.1, 0.15) is 12.2 Å². The number of hydrogen-bond acceptors (Lipinski definition) is 5. The Bertz CT molecular complexity index is 287. The van der Waals surface area contributed by atoms with Crippen LogP contribution in [0.3, 0.4) is 0 Å². The molecule has 0 spiro atoms. The molecule has 1 aliphatic heterocycles. The van der Waals surface area contributed by atoms with E-state index in [4.69, 9.17) is 18.3 Å². The predicted molar refractivity (Wildman–Crippen MR) is 79.2 cm³/mol. The van der Waals surface area contributed by atoms with Crippen LogP contribution in [-0.4, -0.2) is 60.1 Å². The molecule has 0 aromatic carbocycles. The first-order valence-electron chi connectivity index (χ1n) is 6.71. The van der Waals surface area contributed by atoms with Crippen molar-refractivity contribution in [3.05, 3.63) is 0 Å². The summed E-state index contributed by atoms with van der Waals surface area (Å²) in [5, 5.41) is 9.90. The molecule has 0 aromatic heterocycles. The highest BCUT2D eigenvalue weighted by atomic mass is 28.4. The Labute approximate surface area is 118 Å². The van der Waals surface area contributed by atoms with Gasteiger partial charge in [-0.05, 0) is 39.3 Å². The maximum Gasteiger partial charge on any atom is 0.184 e. The third kappa shape index (κ3) is 5.62. The highest BCUT2D eigenvalue weighted by molar-refractivity contribution is 6.70. The lowest BCUT2D eigenvalue weighted by atomic mass is 10.1. The third-order valence-electron chi connectivity index (χ3n) is 2.67. The fourth-order valence-corrected chi connectivity index (χ4v) is 4.33. The van der Waals surface area contributed by atoms with E-state index in [-0.39, 0.29) is 12.2 Å². The van der Waals surface area contributed by atoms with Crippen molar-refractivity contribution in [2.24, 2.45) is 0 Å². The van der Waals surface area contributed by atoms with E-state index in [0.29, 0.717) is 6.61 Å². The van der Waals surface area contributed by atoms with E-state index in [0.717, 1.165) is 0 Å². The Morgan fingerprint density at radius 2 is 1.47 bits per heavy atom. The Morgan fingerprint density at radius 1 is 0.947 bits per heavy atom. The summed E-state index contributed by atoms with van der Waals surface area (Å²) in [5.41, 5.74) is 0. The zero-order valence-corrected chi connectivity index (χ0v) is 15.1. The lowest BCUT2D eigenvalue weighted by molar-refractivity contribution is -0.252. The molecule has 4 atom stereocenters. The molecular weight excluding hydrogens is 280 g/mol. The zero-order chi connectivity index (χ0) is 14.8. The Hall–Kier alpha value is 0.234. The molecule has 1 heterocycles. The van der Waals surface area contributed by atoms with Crippen molar-refractivity contribution in [2.45, 2.75) is 63.9 Å². The van der Waals surface area contributed by atoms with Crippen LogP contribution in [0.1, 0.15) is 0 Å². The maximum atomic E-state index is 9.90. The molecule has 0 saturated carbocycles. The molecule has 0 amide bonds. The molecular formula is C12H28O5Si2. The van der Waals surface area contributed by atoms with Gasteiger partial charge in [0.05, 0.1) is 12.7 Å². The van der Waals surface area contributed by atoms with Crippen molar-refractivity contribution in [2.75, 3.05) is 13.7 Å². The monoisotopic (exact) mass is 308 g/mol. The molecule has 5 nitrogen and oxygen atoms in total. The van der Waals surface area contributed by atoms with Gasteiger partial charge in [0.2, 0.25) is 0 Å². The first-order valence-corrected chi connectivity index (χ1v) is 13.5. The van der Waals surface area contributed by atoms with Gasteiger partial charge >= 0.3 is 0 Å². The lowest BCUT2D eigenvalue weighted by Crippen LogP contribution is -2.59. The number of rotatable bonds is 5. The average molecular weight is 309 g/mol. The quantitative estimate of drug-likeness (QED) is 0.785. The van der Waals surface area contributed by atoms with E-state index < -0.39 is 29.0 Å². The van der Waals surface area contributed by atoms with Crippen LogP contribution < -0.4 is 0 Å². The number of methoxy groups -OCH3 is 1. The Morgan fingerprint density at radius 3 is 1.89 bits per heavy atom. The van der Waals surface area contributed by atoms with Gasteiger partial charge < -0.3 is 23.4 Å². The second kappa shape index (κ2) is 6.34. The fraction of sp³-hybridized carbons (Fsp3) is 1.00. The van der Waals surface area contributed by atoms with Crippen LogP contribution in [0.25, 0.3) is 0 Å². The summed E-state index contributed by atoms with van der Waals surface area (Å²) >= 11 is 0. The number of hydrogen-bond donors (Lipinski definition) is 1. The second-order valence-corrected chi connectivity index (χ2v) is 15.8. The van der Waals surface area contributed by atoms with Gasteiger partial charge in [-0.25, -0.2) is 0 Å². The fourth-order valence-electron chi connectivity index (χ4n) is 2.11. The number of aliphatic hydroxyl groups excluding tert-OH is 1. The highest BCUT2D eigenvalue weighted by Crippen LogP contribution is 2.26. The van der Waals surface area contributed by atoms with Crippen molar-refractivity contribution < 1.29 is 23.4 Å². The third-order valence-corrected chi connectivity index (χ3v) is 4.66. The summed E-state index contributed by atoms with van der Waals surface area (Å²) in [6, 6.07) is 0. The lowest BCUT2D eigenvalue weighted by Gasteiger charge is -2.44. The van der Waals surface area contributed by atoms with Gasteiger partial charge in [-0.1, -0.05) is 0 Å². The largest absolute Gasteiger partial charge is 0.410 e. The molecule has 4 unspecified atom stereocenters. The van der Waals surface area contributed by atoms with Crippen molar-refractivity contribution in [3.8, 4) is 0 Å². The van der Waals surface area contributed by atoms with Crippen molar-refractivity contribution >= 4 is 16.6 Å². The minimum absolute atomic E-state index is 0.174. The molecule has 1 N–H and O–H groups in total. The molecule has 114 valence electrons. The van der Waals surface area contributed by atoms with E-state index in [2.05, 4.69) is 39.3 Å². The second-order valence-electron chi connectivity index (χ2n) is 6.89. The summed E-state index contributed by atoms with van der Waals surface area (Å²) < 4.78 is 23.0. The summed E-state index contributed by atoms with van der Waals surface area (Å²) in [4.78, 5) is 0. The standard InChI is InChI=1S/C12H28O5Si2/c1-14-11-10(17-19(5,6)7)9(8-15-12(11)13)16-18(2,3)4/h9-13H,8H2,1-7H3. The van der Waals surface area contributed by atoms with Crippen molar-refractivity contribution in [1.82, 2.24) is 0 Å². The molecule has 0 aromatic rings. The average Bonchev–Trinajstić information content (AvgIpc) is 2.19. The Balaban J connectivity index is 2.87. The summed E-state index contributed by atoms with van der Waals surface area (Å²) in [7, 11) is -1.90. The first kappa shape index (κ1) is 17.3. The van der Waals surface area contributed by atoms with Crippen molar-refractivity contribution in [3.63, 3.8) is 0 Å². The minimum atomic E-state index is -1.76. The minimum Gasteiger partial charge on any atom is -0.410 e. The molecule has 0 aliphatic carbocycles. The maximum absolute atomic E-state index is 9.90. The number of ether oxygens (including phenoxy) is 2. The highest BCUT2D eigenvalue weighted by Gasteiger charge is 2.44. The van der Waals surface area contributed by atoms with Gasteiger partial charge in [-0.15, -0.1) is 0 Å². The molecule has 0 radical (unpaired) electrons. The Kier molecular flexibility index (Phi) is 5.77. The molecule has 1 fully saturated rings. The van der Waals surface area contributed by atoms with E-state index in [1.165, 1.54) is 0 Å². The van der Waals surface area contributed by atoms with Crippen LogP contribution in [0, 0.1) is 0 Å². The molecule has 0 bridgehead atoms. The summed E-state index contributed by atoms with van der Waals surface area (Å²) in [6.07, 6.45) is -1.89. The van der Waals surface area contributed by atoms with Crippen LogP contribution in [0.2, 0.25) is 39.3 Å². The van der Waals surface area contributed by atoms with E-state index >= 15 is 0 Å². The molecule has 7 heteroatoms. The van der Waals surface area contributed by atoms with Crippen LogP contribution in [-0.2, 0) is 18.3 Å². The number of aliphatic hydroxyl groups is 1. The smallest absolute Gasteiger partial charge is 0.184 e. The van der Waals surface area contributed by atoms with E-state index in [9.17, 15) is 5.11 Å². The van der Waals surface area contributed by atoms with Crippen molar-refractivity contribution in [1.29, 1.82) is 0 Å². The summed E-state index contributed by atoms with van der Waals surface area (Å²) in [6.45, 7) is 13.1. The van der Waals surface area contributed by atoms with E-state index in [1.54, 1.807) is 7.11 Å². The first-order chi connectivity index (χ1) is 8.53. The SMILES string of the molecule is COC1C(O)OCC(O[Si](C)(C)C)C1O[Si](C)(C)C. The van der Waals surface area contributed by atoms with Gasteiger partial charge in [-0.3, -0.25) is 0 Å². The van der Waals surface area contributed by atoms with Crippen LogP contribution in [0.4, 0.5) is 0 Å². The van der Waals surface area contributed by atoms with Gasteiger partial charge in [-0.2, -0.15) is 0 Å². The van der Waals surface area contributed by atoms with Crippen LogP contribution >= 0.6 is 0 Å². The van der Waals surface area contributed by atoms with Gasteiger partial charge in [0.15, 0.2) is 22.9 Å². The van der Waals surface area contributed by atoms with Gasteiger partial charge in [0.25, 0.3) is 0 Å². The topological polar surface area (TPSA) is 57.2 Å². The summed E-state index contributed by atoms with van der Waals surface area (Å²) in [5.74, 6) is 0.